The third-order valence-electron chi connectivity index (χ3n) is 2.46. The van der Waals surface area contributed by atoms with Crippen LogP contribution in [-0.2, 0) is 0 Å². The van der Waals surface area contributed by atoms with E-state index < -0.39 is 0 Å². The molecular formula is C12H11BrClN3. The molecule has 1 heterocycles. The highest BCUT2D eigenvalue weighted by Crippen LogP contribution is 2.33. The van der Waals surface area contributed by atoms with Crippen molar-refractivity contribution in [2.75, 3.05) is 11.1 Å². The molecule has 0 saturated heterocycles. The largest absolute Gasteiger partial charge is 0.396 e. The fraction of sp³-hybridized carbons (Fsp3) is 0.0833. The molecule has 3 nitrogen and oxygen atoms in total. The highest BCUT2D eigenvalue weighted by molar-refractivity contribution is 9.10. The molecule has 0 saturated carbocycles. The molecule has 0 bridgehead atoms. The average molecular weight is 313 g/mol. The summed E-state index contributed by atoms with van der Waals surface area (Å²) in [6.07, 6.45) is 3.30. The molecule has 0 radical (unpaired) electrons. The predicted molar refractivity (Wildman–Crippen MR) is 75.8 cm³/mol. The molecule has 1 aromatic carbocycles. The van der Waals surface area contributed by atoms with Crippen molar-refractivity contribution in [2.24, 2.45) is 0 Å². The van der Waals surface area contributed by atoms with Crippen molar-refractivity contribution >= 4 is 44.6 Å². The van der Waals surface area contributed by atoms with E-state index in [1.165, 1.54) is 0 Å². The number of nitrogen functional groups attached to an aromatic ring is 1. The van der Waals surface area contributed by atoms with Gasteiger partial charge >= 0.3 is 0 Å². The first kappa shape index (κ1) is 12.2. The normalized spacial score (nSPS) is 10.3. The van der Waals surface area contributed by atoms with Crippen LogP contribution < -0.4 is 11.1 Å². The Kier molecular flexibility index (Phi) is 3.54. The van der Waals surface area contributed by atoms with Crippen molar-refractivity contribution < 1.29 is 0 Å². The van der Waals surface area contributed by atoms with Crippen molar-refractivity contribution in [3.63, 3.8) is 0 Å². The van der Waals surface area contributed by atoms with E-state index in [4.69, 9.17) is 17.3 Å². The van der Waals surface area contributed by atoms with Crippen molar-refractivity contribution in [3.8, 4) is 0 Å². The number of rotatable bonds is 2. The number of benzene rings is 1. The van der Waals surface area contributed by atoms with Crippen LogP contribution in [0.15, 0.2) is 35.1 Å². The van der Waals surface area contributed by atoms with Crippen molar-refractivity contribution in [3.05, 3.63) is 45.7 Å². The molecule has 0 aliphatic heterocycles. The molecule has 2 aromatic rings. The minimum Gasteiger partial charge on any atom is -0.396 e. The zero-order chi connectivity index (χ0) is 12.4. The summed E-state index contributed by atoms with van der Waals surface area (Å²) in [5.74, 6) is 0. The Labute approximate surface area is 113 Å². The van der Waals surface area contributed by atoms with Gasteiger partial charge in [0.2, 0.25) is 0 Å². The first-order valence-electron chi connectivity index (χ1n) is 5.00. The van der Waals surface area contributed by atoms with E-state index in [-0.39, 0.29) is 0 Å². The maximum atomic E-state index is 6.06. The second kappa shape index (κ2) is 4.94. The van der Waals surface area contributed by atoms with Crippen LogP contribution in [0, 0.1) is 6.92 Å². The molecule has 3 N–H and O–H groups in total. The van der Waals surface area contributed by atoms with Gasteiger partial charge < -0.3 is 11.1 Å². The Morgan fingerprint density at radius 1 is 1.35 bits per heavy atom. The number of nitrogens with one attached hydrogen (secondary N) is 1. The van der Waals surface area contributed by atoms with Crippen LogP contribution in [0.25, 0.3) is 0 Å². The fourth-order valence-electron chi connectivity index (χ4n) is 1.46. The highest BCUT2D eigenvalue weighted by atomic mass is 79.9. The standard InChI is InChI=1S/C12H11BrClN3/c1-7-9(14)3-2-4-11(7)17-12-8(13)5-16-6-10(12)15/h2-6H,15H2,1H3,(H,16,17). The zero-order valence-electron chi connectivity index (χ0n) is 9.17. The zero-order valence-corrected chi connectivity index (χ0v) is 11.5. The Morgan fingerprint density at radius 2 is 2.12 bits per heavy atom. The van der Waals surface area contributed by atoms with Crippen molar-refractivity contribution in [1.29, 1.82) is 0 Å². The number of halogens is 2. The molecule has 2 rings (SSSR count). The first-order valence-corrected chi connectivity index (χ1v) is 6.18. The summed E-state index contributed by atoms with van der Waals surface area (Å²) in [5, 5.41) is 3.97. The van der Waals surface area contributed by atoms with E-state index >= 15 is 0 Å². The van der Waals surface area contributed by atoms with Crippen molar-refractivity contribution in [2.45, 2.75) is 6.92 Å². The number of hydrogen-bond acceptors (Lipinski definition) is 3. The smallest absolute Gasteiger partial charge is 0.0794 e. The summed E-state index contributed by atoms with van der Waals surface area (Å²) in [7, 11) is 0. The highest BCUT2D eigenvalue weighted by Gasteiger charge is 2.07. The summed E-state index contributed by atoms with van der Waals surface area (Å²) in [6.45, 7) is 1.95. The summed E-state index contributed by atoms with van der Waals surface area (Å²) in [6, 6.07) is 5.70. The second-order valence-electron chi connectivity index (χ2n) is 3.62. The Morgan fingerprint density at radius 3 is 2.82 bits per heavy atom. The summed E-state index contributed by atoms with van der Waals surface area (Å²) in [5.41, 5.74) is 9.16. The van der Waals surface area contributed by atoms with E-state index in [1.807, 2.05) is 25.1 Å². The maximum absolute atomic E-state index is 6.06. The predicted octanol–water partition coefficient (Wildman–Crippen LogP) is 4.13. The maximum Gasteiger partial charge on any atom is 0.0794 e. The Balaban J connectivity index is 2.42. The molecule has 1 aromatic heterocycles. The molecule has 0 aliphatic carbocycles. The van der Waals surface area contributed by atoms with Gasteiger partial charge in [-0.3, -0.25) is 4.98 Å². The van der Waals surface area contributed by atoms with E-state index in [1.54, 1.807) is 12.4 Å². The van der Waals surface area contributed by atoms with Gasteiger partial charge in [0.05, 0.1) is 22.0 Å². The lowest BCUT2D eigenvalue weighted by molar-refractivity contribution is 1.30. The van der Waals surface area contributed by atoms with Gasteiger partial charge in [-0.1, -0.05) is 17.7 Å². The first-order chi connectivity index (χ1) is 8.09. The molecule has 5 heteroatoms. The van der Waals surface area contributed by atoms with Crippen LogP contribution in [0.5, 0.6) is 0 Å². The van der Waals surface area contributed by atoms with E-state index in [0.29, 0.717) is 5.69 Å². The van der Waals surface area contributed by atoms with E-state index in [0.717, 1.165) is 26.4 Å². The van der Waals surface area contributed by atoms with Gasteiger partial charge in [0.25, 0.3) is 0 Å². The van der Waals surface area contributed by atoms with Gasteiger partial charge in [-0.05, 0) is 40.5 Å². The number of nitrogens with zero attached hydrogens (tertiary/aromatic N) is 1. The van der Waals surface area contributed by atoms with Gasteiger partial charge in [0.15, 0.2) is 0 Å². The number of hydrogen-bond donors (Lipinski definition) is 2. The van der Waals surface area contributed by atoms with Gasteiger partial charge in [0, 0.05) is 16.9 Å². The minimum absolute atomic E-state index is 0.582. The topological polar surface area (TPSA) is 50.9 Å². The minimum atomic E-state index is 0.582. The number of anilines is 3. The van der Waals surface area contributed by atoms with Crippen LogP contribution in [0.4, 0.5) is 17.1 Å². The molecule has 17 heavy (non-hydrogen) atoms. The Hall–Kier alpha value is -1.26. The lowest BCUT2D eigenvalue weighted by atomic mass is 10.2. The van der Waals surface area contributed by atoms with Crippen LogP contribution in [0.1, 0.15) is 5.56 Å². The number of nitrogens with two attached hydrogens (primary N) is 1. The van der Waals surface area contributed by atoms with Gasteiger partial charge in [0.1, 0.15) is 0 Å². The lowest BCUT2D eigenvalue weighted by Crippen LogP contribution is -1.99. The fourth-order valence-corrected chi connectivity index (χ4v) is 2.08. The molecule has 0 aliphatic rings. The SMILES string of the molecule is Cc1c(Cl)cccc1Nc1c(N)cncc1Br. The van der Waals surface area contributed by atoms with Crippen LogP contribution in [-0.4, -0.2) is 4.98 Å². The van der Waals surface area contributed by atoms with E-state index in [2.05, 4.69) is 26.2 Å². The number of aromatic nitrogens is 1. The molecular weight excluding hydrogens is 302 g/mol. The van der Waals surface area contributed by atoms with Gasteiger partial charge in [-0.15, -0.1) is 0 Å². The number of pyridine rings is 1. The van der Waals surface area contributed by atoms with Gasteiger partial charge in [-0.25, -0.2) is 0 Å². The molecule has 0 atom stereocenters. The average Bonchev–Trinajstić information content (AvgIpc) is 2.29. The third-order valence-corrected chi connectivity index (χ3v) is 3.47. The quantitative estimate of drug-likeness (QED) is 0.876. The third kappa shape index (κ3) is 2.53. The van der Waals surface area contributed by atoms with Crippen LogP contribution in [0.3, 0.4) is 0 Å². The molecule has 0 spiro atoms. The summed E-state index contributed by atoms with van der Waals surface area (Å²) >= 11 is 9.47. The van der Waals surface area contributed by atoms with Gasteiger partial charge in [-0.2, -0.15) is 0 Å². The Bertz CT molecular complexity index is 537. The van der Waals surface area contributed by atoms with Crippen LogP contribution >= 0.6 is 27.5 Å². The van der Waals surface area contributed by atoms with Crippen LogP contribution in [0.2, 0.25) is 5.02 Å². The molecule has 0 unspecified atom stereocenters. The molecule has 88 valence electrons. The van der Waals surface area contributed by atoms with E-state index in [9.17, 15) is 0 Å². The summed E-state index contributed by atoms with van der Waals surface area (Å²) in [4.78, 5) is 3.99. The molecule has 0 amide bonds. The molecule has 0 fully saturated rings. The van der Waals surface area contributed by atoms with Crippen molar-refractivity contribution in [1.82, 2.24) is 4.98 Å². The lowest BCUT2D eigenvalue weighted by Gasteiger charge is -2.13. The monoisotopic (exact) mass is 311 g/mol. The summed E-state index contributed by atoms with van der Waals surface area (Å²) < 4.78 is 0.817. The second-order valence-corrected chi connectivity index (χ2v) is 4.88.